The predicted molar refractivity (Wildman–Crippen MR) is 340 cm³/mol. The molecule has 18 nitrogen and oxygen atoms in total. The van der Waals surface area contributed by atoms with Crippen LogP contribution in [0.25, 0.3) is 0 Å². The number of nitrogens with zero attached hydrogens (tertiary/aromatic N) is 4. The van der Waals surface area contributed by atoms with Gasteiger partial charge >= 0.3 is 29.8 Å². The molecule has 0 radical (unpaired) electrons. The van der Waals surface area contributed by atoms with Gasteiger partial charge in [0.25, 0.3) is 0 Å². The van der Waals surface area contributed by atoms with Crippen LogP contribution in [0.4, 0.5) is 0 Å². The molecule has 0 aromatic rings. The van der Waals surface area contributed by atoms with Gasteiger partial charge in [0.05, 0.1) is 49.8 Å². The van der Waals surface area contributed by atoms with Crippen molar-refractivity contribution in [1.82, 2.24) is 19.6 Å². The Bertz CT molecular complexity index is 1560. The summed E-state index contributed by atoms with van der Waals surface area (Å²) in [6.07, 6.45) is 15.7. The molecule has 1 rings (SSSR count). The highest BCUT2D eigenvalue weighted by atomic mass is 33.1. The smallest absolute Gasteiger partial charge is 0.306 e. The zero-order valence-electron chi connectivity index (χ0n) is 54.0. The summed E-state index contributed by atoms with van der Waals surface area (Å²) in [7, 11) is 3.83. The largest absolute Gasteiger partial charge is 0.466 e. The molecule has 4 unspecified atom stereocenters. The molecule has 0 aromatic carbocycles. The number of aliphatic hydroxyl groups is 4. The lowest BCUT2D eigenvalue weighted by Crippen LogP contribution is -2.47. The molecule has 1 aliphatic heterocycles. The fraction of sp³-hybridized carbons (Fsp3) is 0.922. The van der Waals surface area contributed by atoms with Crippen LogP contribution < -0.4 is 0 Å². The number of hydrogen-bond acceptors (Lipinski definition) is 20. The van der Waals surface area contributed by atoms with Crippen LogP contribution in [0, 0.1) is 11.8 Å². The number of piperazine rings is 1. The standard InChI is InChI=1S/C64H122N4O14S2/c1-52(2)33-43-78-60(73)28-15-11-9-13-24-56(69)48-67(49-57(70)25-14-10-12-16-29-61(74)79-44-34-53(3)4)35-21-22-46-83-84-47-42-66-39-37-65(38-40-66)41-45-80-62(75)32-23-36-68(50-58(71)26-17-19-30-63(76)81-54(5)6)51-59(72)27-18-20-31-64(77)82-55(7)8/h52-59,69-72H,9-51H2,1-8H3. The monoisotopic (exact) mass is 1230 g/mol. The minimum absolute atomic E-state index is 0.122. The first-order valence-electron chi connectivity index (χ1n) is 32.9. The van der Waals surface area contributed by atoms with Crippen LogP contribution in [0.5, 0.6) is 0 Å². The topological polar surface area (TPSA) is 225 Å². The van der Waals surface area contributed by atoms with Crippen LogP contribution in [-0.4, -0.2) is 216 Å². The molecule has 84 heavy (non-hydrogen) atoms. The van der Waals surface area contributed by atoms with Gasteiger partial charge in [0.2, 0.25) is 0 Å². The van der Waals surface area contributed by atoms with Gasteiger partial charge < -0.3 is 44.1 Å². The van der Waals surface area contributed by atoms with Gasteiger partial charge in [-0.3, -0.25) is 43.6 Å². The highest BCUT2D eigenvalue weighted by Crippen LogP contribution is 2.23. The Morgan fingerprint density at radius 1 is 0.381 bits per heavy atom. The maximum atomic E-state index is 12.8. The van der Waals surface area contributed by atoms with Crippen molar-refractivity contribution in [3.05, 3.63) is 0 Å². The summed E-state index contributed by atoms with van der Waals surface area (Å²) in [5.41, 5.74) is 0. The van der Waals surface area contributed by atoms with Crippen LogP contribution in [0.15, 0.2) is 0 Å². The number of esters is 5. The third-order valence-electron chi connectivity index (χ3n) is 14.7. The molecule has 0 bridgehead atoms. The molecule has 1 aliphatic rings. The molecule has 0 amide bonds. The maximum absolute atomic E-state index is 12.8. The van der Waals surface area contributed by atoms with Gasteiger partial charge in [-0.25, -0.2) is 0 Å². The van der Waals surface area contributed by atoms with Crippen molar-refractivity contribution in [1.29, 1.82) is 0 Å². The second-order valence-electron chi connectivity index (χ2n) is 24.8. The summed E-state index contributed by atoms with van der Waals surface area (Å²) in [5.74, 6) is 2.12. The van der Waals surface area contributed by atoms with Crippen molar-refractivity contribution in [3.63, 3.8) is 0 Å². The predicted octanol–water partition coefficient (Wildman–Crippen LogP) is 10.0. The molecule has 0 aromatic heterocycles. The first-order valence-corrected chi connectivity index (χ1v) is 35.4. The van der Waals surface area contributed by atoms with E-state index >= 15 is 0 Å². The molecular formula is C64H122N4O14S2. The van der Waals surface area contributed by atoms with Crippen LogP contribution in [-0.2, 0) is 47.7 Å². The lowest BCUT2D eigenvalue weighted by molar-refractivity contribution is -0.148. The Hall–Kier alpha value is -2.27. The summed E-state index contributed by atoms with van der Waals surface area (Å²) < 4.78 is 26.7. The van der Waals surface area contributed by atoms with Gasteiger partial charge in [-0.05, 0) is 136 Å². The second kappa shape index (κ2) is 52.6. The van der Waals surface area contributed by atoms with Gasteiger partial charge in [0, 0.05) is 109 Å². The van der Waals surface area contributed by atoms with Crippen molar-refractivity contribution >= 4 is 51.4 Å². The van der Waals surface area contributed by atoms with Gasteiger partial charge in [-0.2, -0.15) is 0 Å². The average Bonchev–Trinajstić information content (AvgIpc) is 3.44. The zero-order chi connectivity index (χ0) is 62.2. The van der Waals surface area contributed by atoms with E-state index in [9.17, 15) is 44.4 Å². The minimum atomic E-state index is -0.650. The molecule has 4 N–H and O–H groups in total. The molecule has 20 heteroatoms. The van der Waals surface area contributed by atoms with Crippen molar-refractivity contribution in [2.75, 3.05) is 110 Å². The number of rotatable bonds is 56. The second-order valence-corrected chi connectivity index (χ2v) is 27.5. The summed E-state index contributed by atoms with van der Waals surface area (Å²) in [6, 6.07) is 0. The SMILES string of the molecule is CC(C)CCOC(=O)CCCCCCC(O)CN(CCCCSSCCN1CCN(CCOC(=O)CCCN(CC(O)CCCCC(=O)OC(C)C)CC(O)CCCCC(=O)OC(C)C)CC1)CC(O)CCCCCCC(=O)OCCC(C)C. The zero-order valence-corrected chi connectivity index (χ0v) is 55.6. The molecule has 0 aliphatic carbocycles. The van der Waals surface area contributed by atoms with E-state index < -0.39 is 24.4 Å². The molecule has 494 valence electrons. The van der Waals surface area contributed by atoms with Crippen molar-refractivity contribution in [2.45, 2.75) is 259 Å². The van der Waals surface area contributed by atoms with Gasteiger partial charge in [0.15, 0.2) is 0 Å². The molecule has 1 fully saturated rings. The highest BCUT2D eigenvalue weighted by Gasteiger charge is 2.21. The normalized spacial score (nSPS) is 14.9. The van der Waals surface area contributed by atoms with E-state index in [1.165, 1.54) is 0 Å². The Labute approximate surface area is 517 Å². The molecule has 4 atom stereocenters. The van der Waals surface area contributed by atoms with Gasteiger partial charge in [-0.15, -0.1) is 0 Å². The Kier molecular flexibility index (Phi) is 50.0. The lowest BCUT2D eigenvalue weighted by atomic mass is 10.1. The summed E-state index contributed by atoms with van der Waals surface area (Å²) in [4.78, 5) is 69.8. The molecule has 1 saturated heterocycles. The van der Waals surface area contributed by atoms with Crippen molar-refractivity contribution in [3.8, 4) is 0 Å². The highest BCUT2D eigenvalue weighted by molar-refractivity contribution is 8.76. The molecule has 1 heterocycles. The van der Waals surface area contributed by atoms with E-state index in [-0.39, 0.29) is 48.5 Å². The van der Waals surface area contributed by atoms with E-state index in [4.69, 9.17) is 23.7 Å². The number of carbonyl (C=O) groups is 5. The van der Waals surface area contributed by atoms with Crippen LogP contribution in [0.1, 0.15) is 222 Å². The summed E-state index contributed by atoms with van der Waals surface area (Å²) >= 11 is 0. The van der Waals surface area contributed by atoms with Gasteiger partial charge in [-0.1, -0.05) is 101 Å². The van der Waals surface area contributed by atoms with Crippen molar-refractivity contribution < 1.29 is 68.1 Å². The fourth-order valence-electron chi connectivity index (χ4n) is 9.81. The number of ether oxygens (including phenoxy) is 5. The van der Waals surface area contributed by atoms with E-state index in [0.29, 0.717) is 154 Å². The average molecular weight is 1240 g/mol. The third kappa shape index (κ3) is 50.7. The number of unbranched alkanes of at least 4 members (excludes halogenated alkanes) is 9. The van der Waals surface area contributed by atoms with Crippen LogP contribution in [0.2, 0.25) is 0 Å². The Morgan fingerprint density at radius 3 is 1.13 bits per heavy atom. The minimum Gasteiger partial charge on any atom is -0.466 e. The Balaban J connectivity index is 2.43. The quantitative estimate of drug-likeness (QED) is 0.0192. The fourth-order valence-corrected chi connectivity index (χ4v) is 12.0. The summed E-state index contributed by atoms with van der Waals surface area (Å²) in [5, 5.41) is 43.9. The Morgan fingerprint density at radius 2 is 0.714 bits per heavy atom. The van der Waals surface area contributed by atoms with E-state index in [1.54, 1.807) is 0 Å². The summed E-state index contributed by atoms with van der Waals surface area (Å²) in [6.45, 7) is 25.6. The number of hydrogen-bond donors (Lipinski definition) is 4. The third-order valence-corrected chi connectivity index (χ3v) is 17.2. The van der Waals surface area contributed by atoms with Crippen LogP contribution in [0.3, 0.4) is 0 Å². The number of aliphatic hydroxyl groups excluding tert-OH is 4. The first kappa shape index (κ1) is 79.7. The maximum Gasteiger partial charge on any atom is 0.306 e. The van der Waals surface area contributed by atoms with E-state index in [1.807, 2.05) is 54.2 Å². The first-order chi connectivity index (χ1) is 40.2. The van der Waals surface area contributed by atoms with Gasteiger partial charge in [0.1, 0.15) is 6.61 Å². The number of carbonyl (C=O) groups excluding carboxylic acids is 5. The van der Waals surface area contributed by atoms with E-state index in [2.05, 4.69) is 42.4 Å². The lowest BCUT2D eigenvalue weighted by Gasteiger charge is -2.34. The van der Waals surface area contributed by atoms with Crippen LogP contribution >= 0.6 is 21.6 Å². The van der Waals surface area contributed by atoms with Crippen molar-refractivity contribution in [2.24, 2.45) is 11.8 Å². The molecule has 0 spiro atoms. The van der Waals surface area contributed by atoms with E-state index in [0.717, 1.165) is 128 Å². The molecule has 0 saturated carbocycles. The molecular weight excluding hydrogens is 1110 g/mol.